The van der Waals surface area contributed by atoms with Gasteiger partial charge in [-0.3, -0.25) is 4.79 Å². The number of aromatic nitrogens is 1. The molecule has 1 amide bonds. The molecule has 0 aliphatic rings. The number of nitrogens with zero attached hydrogens (tertiary/aromatic N) is 2. The second-order valence-electron chi connectivity index (χ2n) is 6.96. The Balaban J connectivity index is 1.92. The predicted molar refractivity (Wildman–Crippen MR) is 114 cm³/mol. The van der Waals surface area contributed by atoms with E-state index in [1.807, 2.05) is 0 Å². The topological polar surface area (TPSA) is 57.8 Å². The van der Waals surface area contributed by atoms with Gasteiger partial charge >= 0.3 is 6.18 Å². The lowest BCUT2D eigenvalue weighted by Crippen LogP contribution is -2.14. The van der Waals surface area contributed by atoms with Crippen molar-refractivity contribution in [2.24, 2.45) is 0 Å². The van der Waals surface area contributed by atoms with Crippen LogP contribution in [0, 0.1) is 31.0 Å². The van der Waals surface area contributed by atoms with E-state index in [0.29, 0.717) is 16.9 Å². The summed E-state index contributed by atoms with van der Waals surface area (Å²) in [6, 6.07) is 11.9. The molecule has 1 heterocycles. The zero-order valence-electron chi connectivity index (χ0n) is 16.9. The molecule has 9 heteroatoms. The molecule has 0 aliphatic heterocycles. The van der Waals surface area contributed by atoms with Gasteiger partial charge in [0, 0.05) is 22.8 Å². The first-order valence-corrected chi connectivity index (χ1v) is 9.64. The van der Waals surface area contributed by atoms with Crippen molar-refractivity contribution in [3.63, 3.8) is 0 Å². The molecular formula is C23H16ClF4N3O. The molecule has 2 aromatic carbocycles. The number of amides is 1. The third-order valence-corrected chi connectivity index (χ3v) is 5.03. The second kappa shape index (κ2) is 8.89. The molecule has 0 saturated carbocycles. The van der Waals surface area contributed by atoms with Gasteiger partial charge in [-0.15, -0.1) is 0 Å². The van der Waals surface area contributed by atoms with Crippen LogP contribution in [0.25, 0.3) is 11.8 Å². The van der Waals surface area contributed by atoms with Gasteiger partial charge in [0.1, 0.15) is 17.5 Å². The molecule has 3 rings (SSSR count). The van der Waals surface area contributed by atoms with Crippen molar-refractivity contribution in [1.29, 1.82) is 5.26 Å². The summed E-state index contributed by atoms with van der Waals surface area (Å²) in [6.07, 6.45) is -3.22. The maximum Gasteiger partial charge on any atom is 0.416 e. The number of alkyl halides is 3. The number of aryl methyl sites for hydroxylation is 1. The Morgan fingerprint density at radius 2 is 1.88 bits per heavy atom. The molecule has 0 bridgehead atoms. The van der Waals surface area contributed by atoms with Crippen LogP contribution in [0.4, 0.5) is 23.2 Å². The van der Waals surface area contributed by atoms with Crippen molar-refractivity contribution >= 4 is 29.3 Å². The third-order valence-electron chi connectivity index (χ3n) is 4.74. The normalized spacial score (nSPS) is 11.9. The quantitative estimate of drug-likeness (QED) is 0.276. The Morgan fingerprint density at radius 1 is 1.16 bits per heavy atom. The highest BCUT2D eigenvalue weighted by Gasteiger charge is 2.30. The first-order valence-electron chi connectivity index (χ1n) is 9.26. The summed E-state index contributed by atoms with van der Waals surface area (Å²) >= 11 is 5.87. The number of nitrogens with one attached hydrogen (secondary N) is 1. The Hall–Kier alpha value is -3.57. The van der Waals surface area contributed by atoms with E-state index in [4.69, 9.17) is 11.6 Å². The number of halogens is 5. The average Bonchev–Trinajstić information content (AvgIpc) is 3.00. The average molecular weight is 462 g/mol. The molecule has 32 heavy (non-hydrogen) atoms. The van der Waals surface area contributed by atoms with E-state index in [1.54, 1.807) is 36.6 Å². The Labute approximate surface area is 186 Å². The molecule has 0 saturated heterocycles. The lowest BCUT2D eigenvalue weighted by atomic mass is 10.1. The Kier molecular flexibility index (Phi) is 6.42. The second-order valence-corrected chi connectivity index (χ2v) is 7.37. The number of carbonyl (C=O) groups excluding carboxylic acids is 1. The molecule has 0 spiro atoms. The summed E-state index contributed by atoms with van der Waals surface area (Å²) < 4.78 is 53.9. The number of nitriles is 1. The summed E-state index contributed by atoms with van der Waals surface area (Å²) in [4.78, 5) is 12.5. The molecule has 0 fully saturated rings. The van der Waals surface area contributed by atoms with Crippen LogP contribution in [0.1, 0.15) is 22.5 Å². The van der Waals surface area contributed by atoms with Gasteiger partial charge in [0.2, 0.25) is 0 Å². The number of anilines is 1. The lowest BCUT2D eigenvalue weighted by molar-refractivity contribution is -0.137. The van der Waals surface area contributed by atoms with E-state index < -0.39 is 23.5 Å². The van der Waals surface area contributed by atoms with E-state index in [1.165, 1.54) is 24.3 Å². The SMILES string of the molecule is Cc1cc(/C=C(/C#N)C(=O)Nc2cccc(C(F)(F)F)c2)c(C)n1-c1ccc(F)c(Cl)c1. The number of benzene rings is 2. The van der Waals surface area contributed by atoms with E-state index in [-0.39, 0.29) is 16.3 Å². The minimum absolute atomic E-state index is 0.0507. The van der Waals surface area contributed by atoms with E-state index in [2.05, 4.69) is 5.32 Å². The predicted octanol–water partition coefficient (Wildman–Crippen LogP) is 6.45. The zero-order valence-corrected chi connectivity index (χ0v) is 17.6. The van der Waals surface area contributed by atoms with Crippen molar-refractivity contribution in [2.75, 3.05) is 5.32 Å². The van der Waals surface area contributed by atoms with Gasteiger partial charge in [0.15, 0.2) is 0 Å². The van der Waals surface area contributed by atoms with Crippen molar-refractivity contribution < 1.29 is 22.4 Å². The molecular weight excluding hydrogens is 446 g/mol. The third kappa shape index (κ3) is 4.84. The van der Waals surface area contributed by atoms with Crippen LogP contribution in [0.5, 0.6) is 0 Å². The van der Waals surface area contributed by atoms with Crippen LogP contribution in [-0.4, -0.2) is 10.5 Å². The summed E-state index contributed by atoms with van der Waals surface area (Å²) in [5.41, 5.74) is 1.24. The highest BCUT2D eigenvalue weighted by atomic mass is 35.5. The van der Waals surface area contributed by atoms with Gasteiger partial charge in [-0.05, 0) is 68.0 Å². The molecule has 0 unspecified atom stereocenters. The molecule has 164 valence electrons. The first kappa shape index (κ1) is 23.1. The highest BCUT2D eigenvalue weighted by molar-refractivity contribution is 6.30. The zero-order chi connectivity index (χ0) is 23.6. The van der Waals surface area contributed by atoms with Crippen LogP contribution >= 0.6 is 11.6 Å². The number of hydrogen-bond donors (Lipinski definition) is 1. The fraction of sp³-hybridized carbons (Fsp3) is 0.130. The monoisotopic (exact) mass is 461 g/mol. The Morgan fingerprint density at radius 3 is 2.50 bits per heavy atom. The summed E-state index contributed by atoms with van der Waals surface area (Å²) in [6.45, 7) is 3.53. The molecule has 3 aromatic rings. The van der Waals surface area contributed by atoms with Gasteiger partial charge < -0.3 is 9.88 Å². The summed E-state index contributed by atoms with van der Waals surface area (Å²) in [5.74, 6) is -1.41. The largest absolute Gasteiger partial charge is 0.416 e. The van der Waals surface area contributed by atoms with Gasteiger partial charge in [-0.1, -0.05) is 17.7 Å². The number of carbonyl (C=O) groups is 1. The van der Waals surface area contributed by atoms with Gasteiger partial charge in [0.25, 0.3) is 5.91 Å². The standard InChI is InChI=1S/C23H16ClF4N3O/c1-13-8-15(14(2)31(13)19-6-7-21(25)20(24)11-19)9-16(12-29)22(32)30-18-5-3-4-17(10-18)23(26,27)28/h3-11H,1-2H3,(H,30,32)/b16-9-. The molecule has 1 aromatic heterocycles. The fourth-order valence-electron chi connectivity index (χ4n) is 3.23. The maximum atomic E-state index is 13.5. The van der Waals surface area contributed by atoms with Crippen molar-refractivity contribution in [1.82, 2.24) is 4.57 Å². The van der Waals surface area contributed by atoms with Gasteiger partial charge in [-0.25, -0.2) is 4.39 Å². The summed E-state index contributed by atoms with van der Waals surface area (Å²) in [5, 5.41) is 11.7. The molecule has 0 atom stereocenters. The van der Waals surface area contributed by atoms with Gasteiger partial charge in [0.05, 0.1) is 10.6 Å². The van der Waals surface area contributed by atoms with Gasteiger partial charge in [-0.2, -0.15) is 18.4 Å². The van der Waals surface area contributed by atoms with Crippen LogP contribution in [0.2, 0.25) is 5.02 Å². The van der Waals surface area contributed by atoms with Crippen LogP contribution in [0.15, 0.2) is 54.1 Å². The minimum Gasteiger partial charge on any atom is -0.321 e. The molecule has 0 aliphatic carbocycles. The number of rotatable bonds is 4. The fourth-order valence-corrected chi connectivity index (χ4v) is 3.41. The smallest absolute Gasteiger partial charge is 0.321 e. The van der Waals surface area contributed by atoms with Crippen LogP contribution in [-0.2, 0) is 11.0 Å². The first-order chi connectivity index (χ1) is 15.0. The lowest BCUT2D eigenvalue weighted by Gasteiger charge is -2.11. The van der Waals surface area contributed by atoms with Crippen LogP contribution in [0.3, 0.4) is 0 Å². The van der Waals surface area contributed by atoms with E-state index in [9.17, 15) is 27.6 Å². The number of hydrogen-bond acceptors (Lipinski definition) is 2. The van der Waals surface area contributed by atoms with Crippen molar-refractivity contribution in [3.8, 4) is 11.8 Å². The highest BCUT2D eigenvalue weighted by Crippen LogP contribution is 2.31. The van der Waals surface area contributed by atoms with Crippen molar-refractivity contribution in [3.05, 3.63) is 87.5 Å². The maximum absolute atomic E-state index is 13.5. The van der Waals surface area contributed by atoms with Crippen LogP contribution < -0.4 is 5.32 Å². The summed E-state index contributed by atoms with van der Waals surface area (Å²) in [7, 11) is 0. The van der Waals surface area contributed by atoms with E-state index in [0.717, 1.165) is 23.9 Å². The minimum atomic E-state index is -4.56. The molecule has 0 radical (unpaired) electrons. The Bertz CT molecular complexity index is 1270. The molecule has 1 N–H and O–H groups in total. The van der Waals surface area contributed by atoms with E-state index >= 15 is 0 Å². The molecule has 4 nitrogen and oxygen atoms in total. The van der Waals surface area contributed by atoms with Crippen molar-refractivity contribution in [2.45, 2.75) is 20.0 Å².